The van der Waals surface area contributed by atoms with Crippen LogP contribution in [0.4, 0.5) is 0 Å². The van der Waals surface area contributed by atoms with Crippen LogP contribution in [0.2, 0.25) is 0 Å². The van der Waals surface area contributed by atoms with Crippen LogP contribution < -0.4 is 5.32 Å². The first kappa shape index (κ1) is 24.6. The third-order valence-electron chi connectivity index (χ3n) is 6.19. The zero-order valence-corrected chi connectivity index (χ0v) is 19.1. The van der Waals surface area contributed by atoms with Crippen LogP contribution in [0, 0.1) is 16.7 Å². The van der Waals surface area contributed by atoms with E-state index < -0.39 is 11.5 Å². The number of rotatable bonds is 10. The number of aromatic nitrogens is 3. The Kier molecular flexibility index (Phi) is 7.81. The Morgan fingerprint density at radius 1 is 1.18 bits per heavy atom. The first-order chi connectivity index (χ1) is 12.6. The van der Waals surface area contributed by atoms with Gasteiger partial charge in [-0.1, -0.05) is 53.7 Å². The smallest absolute Gasteiger partial charge is 0.226 e. The molecule has 0 spiro atoms. The van der Waals surface area contributed by atoms with Crippen molar-refractivity contribution in [1.82, 2.24) is 20.3 Å². The van der Waals surface area contributed by atoms with Crippen molar-refractivity contribution >= 4 is 5.91 Å². The summed E-state index contributed by atoms with van der Waals surface area (Å²) in [5, 5.41) is 30.0. The Balaban J connectivity index is 2.88. The normalized spacial score (nSPS) is 15.6. The SMILES string of the molecule is CC(C)C(C)(C)CC(C)(C)NC(=O)C(C)(C)C(C)c1cn(CC(O)CO)nn1. The third kappa shape index (κ3) is 6.27. The molecule has 1 amide bonds. The third-order valence-corrected chi connectivity index (χ3v) is 6.19. The van der Waals surface area contributed by atoms with Gasteiger partial charge in [-0.3, -0.25) is 4.79 Å². The summed E-state index contributed by atoms with van der Waals surface area (Å²) in [7, 11) is 0. The quantitative estimate of drug-likeness (QED) is 0.565. The fourth-order valence-electron chi connectivity index (χ4n) is 3.30. The van der Waals surface area contributed by atoms with Gasteiger partial charge in [0, 0.05) is 17.7 Å². The second kappa shape index (κ2) is 8.91. The van der Waals surface area contributed by atoms with Crippen molar-refractivity contribution < 1.29 is 15.0 Å². The van der Waals surface area contributed by atoms with E-state index in [4.69, 9.17) is 5.11 Å². The standard InChI is InChI=1S/C21H40N4O3/c1-14(2)19(4,5)13-20(6,7)22-18(28)21(8,9)15(3)17-11-25(24-23-17)10-16(27)12-26/h11,14-16,26-27H,10,12-13H2,1-9H3,(H,22,28). The molecule has 1 aromatic rings. The highest BCUT2D eigenvalue weighted by Gasteiger charge is 2.40. The molecule has 0 aliphatic carbocycles. The van der Waals surface area contributed by atoms with Crippen molar-refractivity contribution in [3.8, 4) is 0 Å². The highest BCUT2D eigenvalue weighted by atomic mass is 16.3. The van der Waals surface area contributed by atoms with Gasteiger partial charge in [-0.2, -0.15) is 0 Å². The molecule has 0 bridgehead atoms. The van der Waals surface area contributed by atoms with Crippen LogP contribution in [0.5, 0.6) is 0 Å². The van der Waals surface area contributed by atoms with Gasteiger partial charge in [0.25, 0.3) is 0 Å². The molecule has 0 saturated carbocycles. The van der Waals surface area contributed by atoms with E-state index >= 15 is 0 Å². The lowest BCUT2D eigenvalue weighted by Gasteiger charge is -2.40. The fraction of sp³-hybridized carbons (Fsp3) is 0.857. The first-order valence-electron chi connectivity index (χ1n) is 10.1. The van der Waals surface area contributed by atoms with Crippen molar-refractivity contribution in [2.45, 2.75) is 92.8 Å². The van der Waals surface area contributed by atoms with E-state index in [0.717, 1.165) is 6.42 Å². The second-order valence-electron chi connectivity index (χ2n) is 10.3. The number of carbonyl (C=O) groups excluding carboxylic acids is 1. The maximum absolute atomic E-state index is 13.1. The molecule has 2 atom stereocenters. The van der Waals surface area contributed by atoms with Crippen LogP contribution in [-0.4, -0.2) is 49.4 Å². The van der Waals surface area contributed by atoms with Crippen molar-refractivity contribution in [3.05, 3.63) is 11.9 Å². The zero-order valence-electron chi connectivity index (χ0n) is 19.1. The number of nitrogens with one attached hydrogen (secondary N) is 1. The maximum Gasteiger partial charge on any atom is 0.226 e. The van der Waals surface area contributed by atoms with Crippen LogP contribution in [-0.2, 0) is 11.3 Å². The number of hydrogen-bond acceptors (Lipinski definition) is 5. The average molecular weight is 397 g/mol. The van der Waals surface area contributed by atoms with Gasteiger partial charge in [-0.05, 0) is 31.6 Å². The summed E-state index contributed by atoms with van der Waals surface area (Å²) in [4.78, 5) is 13.1. The first-order valence-corrected chi connectivity index (χ1v) is 10.1. The molecular formula is C21H40N4O3. The van der Waals surface area contributed by atoms with Crippen LogP contribution >= 0.6 is 0 Å². The molecular weight excluding hydrogens is 356 g/mol. The summed E-state index contributed by atoms with van der Waals surface area (Å²) in [6, 6.07) is 0. The van der Waals surface area contributed by atoms with Gasteiger partial charge in [0.1, 0.15) is 0 Å². The van der Waals surface area contributed by atoms with Crippen LogP contribution in [0.15, 0.2) is 6.20 Å². The van der Waals surface area contributed by atoms with E-state index in [2.05, 4.69) is 57.2 Å². The lowest BCUT2D eigenvalue weighted by atomic mass is 9.71. The van der Waals surface area contributed by atoms with E-state index in [0.29, 0.717) is 11.6 Å². The molecule has 3 N–H and O–H groups in total. The van der Waals surface area contributed by atoms with Gasteiger partial charge in [-0.25, -0.2) is 4.68 Å². The van der Waals surface area contributed by atoms with Gasteiger partial charge >= 0.3 is 0 Å². The lowest BCUT2D eigenvalue weighted by Crippen LogP contribution is -2.52. The zero-order chi connectivity index (χ0) is 21.9. The van der Waals surface area contributed by atoms with Crippen molar-refractivity contribution in [3.63, 3.8) is 0 Å². The number of carbonyl (C=O) groups is 1. The molecule has 1 heterocycles. The molecule has 162 valence electrons. The second-order valence-corrected chi connectivity index (χ2v) is 10.3. The van der Waals surface area contributed by atoms with Crippen LogP contribution in [0.25, 0.3) is 0 Å². The van der Waals surface area contributed by atoms with Crippen LogP contribution in [0.3, 0.4) is 0 Å². The van der Waals surface area contributed by atoms with E-state index in [-0.39, 0.29) is 35.9 Å². The molecule has 2 unspecified atom stereocenters. The number of aliphatic hydroxyl groups is 2. The highest BCUT2D eigenvalue weighted by molar-refractivity contribution is 5.83. The predicted molar refractivity (Wildman–Crippen MR) is 111 cm³/mol. The summed E-state index contributed by atoms with van der Waals surface area (Å²) in [5.41, 5.74) is -0.214. The van der Waals surface area contributed by atoms with E-state index in [9.17, 15) is 9.90 Å². The molecule has 7 nitrogen and oxygen atoms in total. The molecule has 0 fully saturated rings. The molecule has 7 heteroatoms. The largest absolute Gasteiger partial charge is 0.394 e. The molecule has 0 aromatic carbocycles. The minimum absolute atomic E-state index is 0.0190. The molecule has 28 heavy (non-hydrogen) atoms. The number of aliphatic hydroxyl groups excluding tert-OH is 2. The van der Waals surface area contributed by atoms with Gasteiger partial charge in [0.15, 0.2) is 0 Å². The Labute approximate surface area is 169 Å². The summed E-state index contributed by atoms with van der Waals surface area (Å²) in [6.45, 7) is 18.7. The minimum atomic E-state index is -0.883. The maximum atomic E-state index is 13.1. The van der Waals surface area contributed by atoms with E-state index in [1.54, 1.807) is 6.20 Å². The van der Waals surface area contributed by atoms with E-state index in [1.807, 2.05) is 20.8 Å². The predicted octanol–water partition coefficient (Wildman–Crippen LogP) is 2.73. The molecule has 0 radical (unpaired) electrons. The average Bonchev–Trinajstić information content (AvgIpc) is 3.00. The topological polar surface area (TPSA) is 100 Å². The number of nitrogens with zero attached hydrogens (tertiary/aromatic N) is 3. The van der Waals surface area contributed by atoms with E-state index in [1.165, 1.54) is 4.68 Å². The lowest BCUT2D eigenvalue weighted by molar-refractivity contribution is -0.132. The monoisotopic (exact) mass is 396 g/mol. The summed E-state index contributed by atoms with van der Waals surface area (Å²) in [6.07, 6.45) is 1.72. The molecule has 0 aliphatic heterocycles. The van der Waals surface area contributed by atoms with Gasteiger partial charge in [-0.15, -0.1) is 5.10 Å². The molecule has 0 aliphatic rings. The Hall–Kier alpha value is -1.47. The fourth-order valence-corrected chi connectivity index (χ4v) is 3.30. The van der Waals surface area contributed by atoms with Crippen molar-refractivity contribution in [2.24, 2.45) is 16.7 Å². The number of hydrogen-bond donors (Lipinski definition) is 3. The van der Waals surface area contributed by atoms with Crippen molar-refractivity contribution in [1.29, 1.82) is 0 Å². The summed E-state index contributed by atoms with van der Waals surface area (Å²) >= 11 is 0. The highest BCUT2D eigenvalue weighted by Crippen LogP contribution is 2.38. The summed E-state index contributed by atoms with van der Waals surface area (Å²) < 4.78 is 1.50. The molecule has 1 aromatic heterocycles. The Morgan fingerprint density at radius 3 is 2.25 bits per heavy atom. The Bertz CT molecular complexity index is 650. The van der Waals surface area contributed by atoms with Gasteiger partial charge in [0.05, 0.1) is 30.4 Å². The van der Waals surface area contributed by atoms with Crippen LogP contribution in [0.1, 0.15) is 80.3 Å². The molecule has 0 saturated heterocycles. The number of amides is 1. The Morgan fingerprint density at radius 2 is 1.75 bits per heavy atom. The van der Waals surface area contributed by atoms with Crippen molar-refractivity contribution in [2.75, 3.05) is 6.61 Å². The minimum Gasteiger partial charge on any atom is -0.394 e. The summed E-state index contributed by atoms with van der Waals surface area (Å²) in [5.74, 6) is 0.329. The van der Waals surface area contributed by atoms with Gasteiger partial charge in [0.2, 0.25) is 5.91 Å². The van der Waals surface area contributed by atoms with Gasteiger partial charge < -0.3 is 15.5 Å². The molecule has 1 rings (SSSR count).